The molecule has 20 heteroatoms. The molecule has 0 saturated carbocycles. The number of nitrogens with zero attached hydrogens (tertiary/aromatic N) is 5. The van der Waals surface area contributed by atoms with Crippen LogP contribution < -0.4 is 19.7 Å². The van der Waals surface area contributed by atoms with Crippen molar-refractivity contribution >= 4 is 56.1 Å². The Morgan fingerprint density at radius 1 is 1.00 bits per heavy atom. The summed E-state index contributed by atoms with van der Waals surface area (Å²) in [5, 5.41) is 13.4. The Hall–Kier alpha value is -6.35. The van der Waals surface area contributed by atoms with Crippen LogP contribution in [0, 0.1) is 17.0 Å². The number of aromatic amines is 1. The molecule has 2 aromatic heterocycles. The third kappa shape index (κ3) is 7.97. The number of anilines is 2. The number of rotatable bonds is 13. The van der Waals surface area contributed by atoms with Gasteiger partial charge in [-0.25, -0.2) is 18.2 Å². The number of fused-ring (bicyclic) bond motifs is 2. The molecule has 7 heterocycles. The number of halogens is 3. The predicted octanol–water partition coefficient (Wildman–Crippen LogP) is 3.76. The minimum Gasteiger partial charge on any atom is -0.491 e. The molecule has 4 saturated heterocycles. The number of piperidine rings is 1. The van der Waals surface area contributed by atoms with Gasteiger partial charge in [-0.15, -0.1) is 0 Å². The first-order chi connectivity index (χ1) is 31.1. The molecule has 10 rings (SSSR count). The van der Waals surface area contributed by atoms with Crippen molar-refractivity contribution in [1.82, 2.24) is 29.4 Å². The molecule has 16 nitrogen and oxygen atoms in total. The van der Waals surface area contributed by atoms with E-state index >= 15 is 8.78 Å². The van der Waals surface area contributed by atoms with Gasteiger partial charge in [-0.2, -0.15) is 12.7 Å². The number of H-pyrrole nitrogens is 1. The SMILES string of the molecule is O=C1CCC(N2Cc3cc(OC[C@@H](O)CN4CC5(C4)CN(c4ccc(-c6cnc7[nH]cc(C(=O)c8c(F)ccc(NS(=O)(=O)N9CC[C@@H](F)C9)c8F)c7c6)cc4)C5)ccc3C2=O)C(=O)N1. The van der Waals surface area contributed by atoms with E-state index in [9.17, 15) is 37.1 Å². The molecule has 4 N–H and O–H groups in total. The standard InChI is InChI=1S/C45H43F3N8O8S/c46-28-11-12-55(18-28)65(62,63)52-36-8-7-35(47)39(40(36)48)41(59)34-16-50-42-33(34)14-26(15-49-42)25-1-3-29(4-2-25)54-23-45(24-54)21-53(22-45)19-30(57)20-64-31-5-6-32-27(13-31)17-56(44(32)61)37-9-10-38(58)51-43(37)60/h1-8,13-16,28,30,37,52,57H,9-12,17-24H2,(H,49,50)(H,51,58,60)/t28-,30+,37?/m1/s1. The highest BCUT2D eigenvalue weighted by Gasteiger charge is 2.52. The molecule has 3 amide bonds. The molecule has 5 aliphatic rings. The molecule has 0 radical (unpaired) electrons. The van der Waals surface area contributed by atoms with Gasteiger partial charge in [0.25, 0.3) is 5.91 Å². The van der Waals surface area contributed by atoms with Crippen molar-refractivity contribution in [2.24, 2.45) is 5.41 Å². The molecule has 3 atom stereocenters. The zero-order valence-corrected chi connectivity index (χ0v) is 35.5. The van der Waals surface area contributed by atoms with E-state index in [0.29, 0.717) is 34.5 Å². The maximum absolute atomic E-state index is 15.7. The second-order valence-corrected chi connectivity index (χ2v) is 19.2. The second-order valence-electron chi connectivity index (χ2n) is 17.5. The van der Waals surface area contributed by atoms with Crippen molar-refractivity contribution in [3.8, 4) is 16.9 Å². The van der Waals surface area contributed by atoms with Gasteiger partial charge in [0.15, 0.2) is 5.82 Å². The summed E-state index contributed by atoms with van der Waals surface area (Å²) in [6.07, 6.45) is 1.27. The molecule has 3 aromatic carbocycles. The predicted molar refractivity (Wildman–Crippen MR) is 230 cm³/mol. The summed E-state index contributed by atoms with van der Waals surface area (Å²) in [5.74, 6) is -4.16. The number of alkyl halides is 1. The Morgan fingerprint density at radius 3 is 2.52 bits per heavy atom. The molecule has 1 spiro atoms. The largest absolute Gasteiger partial charge is 0.491 e. The number of carbonyl (C=O) groups excluding carboxylic acids is 4. The number of ether oxygens (including phenoxy) is 1. The monoisotopic (exact) mass is 912 g/mol. The molecule has 0 bridgehead atoms. The van der Waals surface area contributed by atoms with Crippen molar-refractivity contribution in [3.05, 3.63) is 107 Å². The smallest absolute Gasteiger partial charge is 0.301 e. The van der Waals surface area contributed by atoms with Crippen LogP contribution >= 0.6 is 0 Å². The van der Waals surface area contributed by atoms with Crippen molar-refractivity contribution < 1.29 is 50.6 Å². The first-order valence-corrected chi connectivity index (χ1v) is 22.7. The fourth-order valence-corrected chi connectivity index (χ4v) is 10.9. The Morgan fingerprint density at radius 2 is 1.78 bits per heavy atom. The van der Waals surface area contributed by atoms with Gasteiger partial charge in [0, 0.05) is 104 Å². The summed E-state index contributed by atoms with van der Waals surface area (Å²) in [4.78, 5) is 63.9. The molecule has 1 unspecified atom stereocenters. The summed E-state index contributed by atoms with van der Waals surface area (Å²) >= 11 is 0. The molecule has 4 fully saturated rings. The molecule has 0 aliphatic carbocycles. The zero-order valence-electron chi connectivity index (χ0n) is 34.7. The third-order valence-electron chi connectivity index (χ3n) is 12.9. The highest BCUT2D eigenvalue weighted by atomic mass is 32.2. The highest BCUT2D eigenvalue weighted by Crippen LogP contribution is 2.42. The number of aliphatic hydroxyl groups is 1. The molecular formula is C45H43F3N8O8S. The molecule has 65 heavy (non-hydrogen) atoms. The first kappa shape index (κ1) is 42.6. The van der Waals surface area contributed by atoms with Crippen LogP contribution in [0.4, 0.5) is 24.5 Å². The second kappa shape index (κ2) is 16.3. The van der Waals surface area contributed by atoms with E-state index in [4.69, 9.17) is 4.74 Å². The number of amides is 3. The van der Waals surface area contributed by atoms with Crippen LogP contribution in [0.5, 0.6) is 5.75 Å². The summed E-state index contributed by atoms with van der Waals surface area (Å²) in [5.41, 5.74) is 2.43. The van der Waals surface area contributed by atoms with E-state index in [1.165, 1.54) is 11.1 Å². The molecule has 338 valence electrons. The van der Waals surface area contributed by atoms with Crippen LogP contribution in [0.2, 0.25) is 0 Å². The fourth-order valence-electron chi connectivity index (χ4n) is 9.66. The fraction of sp³-hybridized carbons (Fsp3) is 0.356. The minimum absolute atomic E-state index is 0.00528. The topological polar surface area (TPSA) is 198 Å². The molecular weight excluding hydrogens is 870 g/mol. The van der Waals surface area contributed by atoms with Crippen molar-refractivity contribution in [3.63, 3.8) is 0 Å². The van der Waals surface area contributed by atoms with E-state index in [0.717, 1.165) is 59.4 Å². The van der Waals surface area contributed by atoms with Crippen LogP contribution in [0.1, 0.15) is 51.1 Å². The first-order valence-electron chi connectivity index (χ1n) is 21.2. The summed E-state index contributed by atoms with van der Waals surface area (Å²) < 4.78 is 78.9. The van der Waals surface area contributed by atoms with E-state index < -0.39 is 69.6 Å². The summed E-state index contributed by atoms with van der Waals surface area (Å²) in [7, 11) is -4.37. The van der Waals surface area contributed by atoms with Crippen molar-refractivity contribution in [2.45, 2.75) is 44.1 Å². The highest BCUT2D eigenvalue weighted by molar-refractivity contribution is 7.90. The number of nitrogens with one attached hydrogen (secondary N) is 3. The Bertz CT molecular complexity index is 2880. The number of aliphatic hydroxyl groups excluding tert-OH is 1. The lowest BCUT2D eigenvalue weighted by molar-refractivity contribution is -0.136. The van der Waals surface area contributed by atoms with Gasteiger partial charge < -0.3 is 24.6 Å². The summed E-state index contributed by atoms with van der Waals surface area (Å²) in [6.45, 7) is 3.57. The van der Waals surface area contributed by atoms with Crippen molar-refractivity contribution in [2.75, 3.05) is 62.0 Å². The third-order valence-corrected chi connectivity index (χ3v) is 14.4. The number of ketones is 1. The van der Waals surface area contributed by atoms with E-state index in [-0.39, 0.29) is 61.8 Å². The van der Waals surface area contributed by atoms with Gasteiger partial charge in [0.05, 0.1) is 11.3 Å². The Balaban J connectivity index is 0.720. The molecule has 5 aromatic rings. The van der Waals surface area contributed by atoms with Crippen LogP contribution in [-0.2, 0) is 26.3 Å². The van der Waals surface area contributed by atoms with Crippen LogP contribution in [0.3, 0.4) is 0 Å². The maximum Gasteiger partial charge on any atom is 0.301 e. The summed E-state index contributed by atoms with van der Waals surface area (Å²) in [6, 6.07) is 15.6. The maximum atomic E-state index is 15.7. The number of imide groups is 1. The number of hydrogen-bond acceptors (Lipinski definition) is 11. The Kier molecular flexibility index (Phi) is 10.7. The Labute approximate surface area is 370 Å². The number of benzene rings is 3. The number of hydrogen-bond donors (Lipinski definition) is 4. The van der Waals surface area contributed by atoms with Crippen LogP contribution in [-0.4, -0.2) is 132 Å². The molecule has 5 aliphatic heterocycles. The lowest BCUT2D eigenvalue weighted by atomic mass is 9.72. The number of β-amino-alcohol motifs (C(OH)–C–C–N with tert-alkyl or cyclic N) is 1. The average Bonchev–Trinajstić information content (AvgIpc) is 3.98. The van der Waals surface area contributed by atoms with Gasteiger partial charge in [0.1, 0.15) is 42.1 Å². The van der Waals surface area contributed by atoms with Crippen molar-refractivity contribution in [1.29, 1.82) is 0 Å². The van der Waals surface area contributed by atoms with Gasteiger partial charge in [0.2, 0.25) is 17.6 Å². The van der Waals surface area contributed by atoms with E-state index in [2.05, 4.69) is 25.1 Å². The normalized spacial score (nSPS) is 21.3. The minimum atomic E-state index is -4.37. The number of likely N-dealkylation sites (tertiary alicyclic amines) is 1. The zero-order chi connectivity index (χ0) is 45.4. The number of aromatic nitrogens is 2. The van der Waals surface area contributed by atoms with Gasteiger partial charge in [-0.3, -0.25) is 34.1 Å². The quantitative estimate of drug-likeness (QED) is 0.0992. The lowest BCUT2D eigenvalue weighted by Crippen LogP contribution is -2.72. The van der Waals surface area contributed by atoms with Gasteiger partial charge >= 0.3 is 10.2 Å². The average molecular weight is 913 g/mol. The van der Waals surface area contributed by atoms with E-state index in [1.54, 1.807) is 30.5 Å². The lowest BCUT2D eigenvalue weighted by Gasteiger charge is -2.61. The van der Waals surface area contributed by atoms with E-state index in [1.807, 2.05) is 29.0 Å². The van der Waals surface area contributed by atoms with Gasteiger partial charge in [-0.05, 0) is 72.5 Å². The van der Waals surface area contributed by atoms with Crippen LogP contribution in [0.25, 0.3) is 22.2 Å². The number of carbonyl (C=O) groups is 4. The number of pyridine rings is 1. The van der Waals surface area contributed by atoms with Gasteiger partial charge in [-0.1, -0.05) is 12.1 Å². The van der Waals surface area contributed by atoms with Crippen LogP contribution in [0.15, 0.2) is 73.1 Å².